The lowest BCUT2D eigenvalue weighted by Crippen LogP contribution is -2.23. The average molecular weight is 206 g/mol. The monoisotopic (exact) mass is 206 g/mol. The Kier molecular flexibility index (Phi) is 3.53. The van der Waals surface area contributed by atoms with Crippen molar-refractivity contribution in [3.8, 4) is 0 Å². The van der Waals surface area contributed by atoms with Crippen molar-refractivity contribution in [3.63, 3.8) is 0 Å². The van der Waals surface area contributed by atoms with Crippen LogP contribution in [0.2, 0.25) is 0 Å². The largest absolute Gasteiger partial charge is 0.0885 e. The molecule has 0 N–H and O–H groups in total. The molecule has 0 nitrogen and oxygen atoms in total. The Morgan fingerprint density at radius 3 is 2.47 bits per heavy atom. The predicted molar refractivity (Wildman–Crippen MR) is 66.7 cm³/mol. The molecule has 15 heavy (non-hydrogen) atoms. The van der Waals surface area contributed by atoms with Crippen LogP contribution in [0.1, 0.15) is 52.9 Å². The van der Waals surface area contributed by atoms with E-state index in [0.29, 0.717) is 0 Å². The van der Waals surface area contributed by atoms with Gasteiger partial charge in [-0.05, 0) is 55.3 Å². The minimum Gasteiger partial charge on any atom is -0.0885 e. The van der Waals surface area contributed by atoms with Crippen molar-refractivity contribution in [1.29, 1.82) is 0 Å². The summed E-state index contributed by atoms with van der Waals surface area (Å²) in [4.78, 5) is 0. The topological polar surface area (TPSA) is 0 Å². The summed E-state index contributed by atoms with van der Waals surface area (Å²) in [6, 6.07) is 0. The summed E-state index contributed by atoms with van der Waals surface area (Å²) in [6.07, 6.45) is 11.8. The van der Waals surface area contributed by atoms with Gasteiger partial charge in [0.2, 0.25) is 0 Å². The zero-order valence-electron chi connectivity index (χ0n) is 10.6. The SMILES string of the molecule is CCCC=CCC1CC2CC1C(C)C2C. The molecule has 0 aromatic carbocycles. The molecule has 0 saturated heterocycles. The van der Waals surface area contributed by atoms with Crippen molar-refractivity contribution >= 4 is 0 Å². The van der Waals surface area contributed by atoms with Crippen molar-refractivity contribution < 1.29 is 0 Å². The second kappa shape index (κ2) is 4.72. The minimum absolute atomic E-state index is 0.994. The number of unbranched alkanes of at least 4 members (excludes halogenated alkanes) is 1. The summed E-state index contributed by atoms with van der Waals surface area (Å²) in [5.41, 5.74) is 0. The van der Waals surface area contributed by atoms with Crippen molar-refractivity contribution in [2.45, 2.75) is 52.9 Å². The van der Waals surface area contributed by atoms with Crippen LogP contribution >= 0.6 is 0 Å². The van der Waals surface area contributed by atoms with Gasteiger partial charge in [-0.2, -0.15) is 0 Å². The van der Waals surface area contributed by atoms with Crippen LogP contribution < -0.4 is 0 Å². The Morgan fingerprint density at radius 2 is 1.87 bits per heavy atom. The standard InChI is InChI=1S/C15H26/c1-4-5-6-7-8-13-9-14-10-15(13)12(3)11(14)2/h6-7,11-15H,4-5,8-10H2,1-3H3. The normalized spacial score (nSPS) is 44.3. The third-order valence-corrected chi connectivity index (χ3v) is 5.10. The molecule has 2 bridgehead atoms. The van der Waals surface area contributed by atoms with Crippen LogP contribution in [0.25, 0.3) is 0 Å². The zero-order chi connectivity index (χ0) is 10.8. The maximum Gasteiger partial charge on any atom is -0.0319 e. The van der Waals surface area contributed by atoms with E-state index >= 15 is 0 Å². The van der Waals surface area contributed by atoms with Gasteiger partial charge >= 0.3 is 0 Å². The summed E-state index contributed by atoms with van der Waals surface area (Å²) in [6.45, 7) is 7.21. The van der Waals surface area contributed by atoms with Crippen LogP contribution in [0.4, 0.5) is 0 Å². The van der Waals surface area contributed by atoms with E-state index in [2.05, 4.69) is 32.9 Å². The molecule has 0 aromatic heterocycles. The predicted octanol–water partition coefficient (Wildman–Crippen LogP) is 4.66. The summed E-state index contributed by atoms with van der Waals surface area (Å²) in [5, 5.41) is 0. The number of hydrogen-bond acceptors (Lipinski definition) is 0. The molecule has 5 unspecified atom stereocenters. The van der Waals surface area contributed by atoms with E-state index < -0.39 is 0 Å². The van der Waals surface area contributed by atoms with Crippen molar-refractivity contribution in [2.24, 2.45) is 29.6 Å². The van der Waals surface area contributed by atoms with Crippen molar-refractivity contribution in [2.75, 3.05) is 0 Å². The van der Waals surface area contributed by atoms with Gasteiger partial charge in [-0.3, -0.25) is 0 Å². The van der Waals surface area contributed by atoms with Gasteiger partial charge in [0.05, 0.1) is 0 Å². The van der Waals surface area contributed by atoms with Crippen molar-refractivity contribution in [1.82, 2.24) is 0 Å². The summed E-state index contributed by atoms with van der Waals surface area (Å²) < 4.78 is 0. The smallest absolute Gasteiger partial charge is 0.0319 e. The van der Waals surface area contributed by atoms with Crippen LogP contribution in [0.3, 0.4) is 0 Å². The van der Waals surface area contributed by atoms with Crippen LogP contribution in [-0.4, -0.2) is 0 Å². The molecule has 0 heterocycles. The molecule has 0 amide bonds. The molecule has 2 aliphatic rings. The number of rotatable bonds is 4. The summed E-state index contributed by atoms with van der Waals surface area (Å²) >= 11 is 0. The number of hydrogen-bond donors (Lipinski definition) is 0. The molecule has 0 aromatic rings. The van der Waals surface area contributed by atoms with Gasteiger partial charge < -0.3 is 0 Å². The average Bonchev–Trinajstić information content (AvgIpc) is 2.75. The molecular weight excluding hydrogens is 180 g/mol. The Labute approximate surface area is 95.1 Å². The number of allylic oxidation sites excluding steroid dienone is 2. The van der Waals surface area contributed by atoms with Gasteiger partial charge in [-0.25, -0.2) is 0 Å². The maximum atomic E-state index is 2.48. The molecule has 0 radical (unpaired) electrons. The first-order valence-electron chi connectivity index (χ1n) is 6.89. The zero-order valence-corrected chi connectivity index (χ0v) is 10.6. The molecule has 86 valence electrons. The Balaban J connectivity index is 1.82. The lowest BCUT2D eigenvalue weighted by atomic mass is 9.74. The Bertz CT molecular complexity index is 226. The second-order valence-corrected chi connectivity index (χ2v) is 5.87. The second-order valence-electron chi connectivity index (χ2n) is 5.87. The lowest BCUT2D eigenvalue weighted by Gasteiger charge is -2.31. The summed E-state index contributed by atoms with van der Waals surface area (Å²) in [7, 11) is 0. The van der Waals surface area contributed by atoms with E-state index in [-0.39, 0.29) is 0 Å². The Morgan fingerprint density at radius 1 is 1.07 bits per heavy atom. The fourth-order valence-corrected chi connectivity index (χ4v) is 3.92. The first-order chi connectivity index (χ1) is 7.24. The highest BCUT2D eigenvalue weighted by atomic mass is 14.5. The van der Waals surface area contributed by atoms with Gasteiger partial charge in [0.1, 0.15) is 0 Å². The van der Waals surface area contributed by atoms with Gasteiger partial charge in [0.15, 0.2) is 0 Å². The maximum absolute atomic E-state index is 2.48. The van der Waals surface area contributed by atoms with Gasteiger partial charge in [-0.1, -0.05) is 39.3 Å². The highest BCUT2D eigenvalue weighted by Gasteiger charge is 2.47. The van der Waals surface area contributed by atoms with E-state index in [9.17, 15) is 0 Å². The van der Waals surface area contributed by atoms with E-state index in [4.69, 9.17) is 0 Å². The quantitative estimate of drug-likeness (QED) is 0.587. The van der Waals surface area contributed by atoms with Gasteiger partial charge in [0.25, 0.3) is 0 Å². The van der Waals surface area contributed by atoms with E-state index in [0.717, 1.165) is 29.6 Å². The van der Waals surface area contributed by atoms with Crippen LogP contribution in [0, 0.1) is 29.6 Å². The van der Waals surface area contributed by atoms with E-state index in [1.807, 2.05) is 0 Å². The van der Waals surface area contributed by atoms with Crippen molar-refractivity contribution in [3.05, 3.63) is 12.2 Å². The third-order valence-electron chi connectivity index (χ3n) is 5.10. The molecule has 0 heteroatoms. The minimum atomic E-state index is 0.994. The van der Waals surface area contributed by atoms with E-state index in [1.54, 1.807) is 0 Å². The van der Waals surface area contributed by atoms with E-state index in [1.165, 1.54) is 32.1 Å². The molecule has 2 aliphatic carbocycles. The fraction of sp³-hybridized carbons (Fsp3) is 0.867. The Hall–Kier alpha value is -0.260. The van der Waals surface area contributed by atoms with Gasteiger partial charge in [-0.15, -0.1) is 0 Å². The third kappa shape index (κ3) is 2.14. The fourth-order valence-electron chi connectivity index (χ4n) is 3.92. The highest BCUT2D eigenvalue weighted by Crippen LogP contribution is 2.55. The molecular formula is C15H26. The van der Waals surface area contributed by atoms with Crippen LogP contribution in [0.5, 0.6) is 0 Å². The first-order valence-corrected chi connectivity index (χ1v) is 6.89. The summed E-state index contributed by atoms with van der Waals surface area (Å²) in [5.74, 6) is 5.14. The lowest BCUT2D eigenvalue weighted by molar-refractivity contribution is 0.190. The van der Waals surface area contributed by atoms with Crippen LogP contribution in [-0.2, 0) is 0 Å². The highest BCUT2D eigenvalue weighted by molar-refractivity contribution is 5.00. The van der Waals surface area contributed by atoms with Gasteiger partial charge in [0, 0.05) is 0 Å². The number of fused-ring (bicyclic) bond motifs is 2. The molecule has 0 spiro atoms. The molecule has 5 atom stereocenters. The molecule has 2 fully saturated rings. The molecule has 2 saturated carbocycles. The molecule has 0 aliphatic heterocycles. The first kappa shape index (κ1) is 11.2. The molecule has 2 rings (SSSR count). The van der Waals surface area contributed by atoms with Crippen LogP contribution in [0.15, 0.2) is 12.2 Å².